The second-order valence-corrected chi connectivity index (χ2v) is 3.68. The van der Waals surface area contributed by atoms with Crippen LogP contribution >= 0.6 is 11.8 Å². The second-order valence-electron chi connectivity index (χ2n) is 2.31. The summed E-state index contributed by atoms with van der Waals surface area (Å²) in [6.07, 6.45) is 1.70. The first-order valence-electron chi connectivity index (χ1n) is 3.02. The summed E-state index contributed by atoms with van der Waals surface area (Å²) in [6, 6.07) is 0. The van der Waals surface area contributed by atoms with E-state index in [0.717, 1.165) is 11.2 Å². The van der Waals surface area contributed by atoms with Crippen LogP contribution in [0.3, 0.4) is 0 Å². The standard InChI is InChI=1S/C6H12OS/c1-5-3-6(2)8-4-7-5/h5-6H,3-4H2,1-2H3/t5-,6-/m1/s1. The molecule has 0 unspecified atom stereocenters. The normalized spacial score (nSPS) is 39.8. The van der Waals surface area contributed by atoms with Gasteiger partial charge in [0.25, 0.3) is 0 Å². The number of ether oxygens (including phenoxy) is 1. The van der Waals surface area contributed by atoms with Crippen LogP contribution < -0.4 is 0 Å². The Hall–Kier alpha value is 0.310. The van der Waals surface area contributed by atoms with E-state index < -0.39 is 0 Å². The van der Waals surface area contributed by atoms with Crippen LogP contribution in [0.2, 0.25) is 0 Å². The minimum absolute atomic E-state index is 0.492. The van der Waals surface area contributed by atoms with E-state index in [1.807, 2.05) is 11.8 Å². The van der Waals surface area contributed by atoms with E-state index in [1.54, 1.807) is 0 Å². The van der Waals surface area contributed by atoms with Gasteiger partial charge in [-0.25, -0.2) is 0 Å². The van der Waals surface area contributed by atoms with Gasteiger partial charge in [-0.3, -0.25) is 0 Å². The number of hydrogen-bond donors (Lipinski definition) is 0. The van der Waals surface area contributed by atoms with Gasteiger partial charge in [-0.15, -0.1) is 11.8 Å². The van der Waals surface area contributed by atoms with Crippen molar-refractivity contribution in [2.45, 2.75) is 31.6 Å². The van der Waals surface area contributed by atoms with Crippen molar-refractivity contribution in [3.63, 3.8) is 0 Å². The lowest BCUT2D eigenvalue weighted by Gasteiger charge is -2.23. The Kier molecular flexibility index (Phi) is 2.20. The molecule has 2 atom stereocenters. The summed E-state index contributed by atoms with van der Waals surface area (Å²) in [5.41, 5.74) is 0. The van der Waals surface area contributed by atoms with Crippen LogP contribution in [0.1, 0.15) is 20.3 Å². The smallest absolute Gasteiger partial charge is 0.0927 e. The summed E-state index contributed by atoms with van der Waals surface area (Å²) >= 11 is 1.90. The summed E-state index contributed by atoms with van der Waals surface area (Å²) in [5.74, 6) is 0.891. The zero-order chi connectivity index (χ0) is 5.98. The van der Waals surface area contributed by atoms with Crippen LogP contribution in [0.4, 0.5) is 0 Å². The highest BCUT2D eigenvalue weighted by Crippen LogP contribution is 2.23. The fraction of sp³-hybridized carbons (Fsp3) is 1.00. The molecular weight excluding hydrogens is 120 g/mol. The molecule has 1 saturated heterocycles. The maximum atomic E-state index is 5.31. The van der Waals surface area contributed by atoms with Crippen molar-refractivity contribution in [1.29, 1.82) is 0 Å². The molecule has 1 heterocycles. The zero-order valence-corrected chi connectivity index (χ0v) is 6.20. The molecule has 0 spiro atoms. The van der Waals surface area contributed by atoms with Crippen LogP contribution in [0, 0.1) is 0 Å². The Labute approximate surface area is 54.8 Å². The summed E-state index contributed by atoms with van der Waals surface area (Å²) in [5, 5.41) is 0.804. The molecule has 1 aliphatic rings. The summed E-state index contributed by atoms with van der Waals surface area (Å²) in [4.78, 5) is 0. The van der Waals surface area contributed by atoms with Gasteiger partial charge in [0.05, 0.1) is 12.0 Å². The molecule has 0 N–H and O–H groups in total. The average molecular weight is 132 g/mol. The van der Waals surface area contributed by atoms with Gasteiger partial charge >= 0.3 is 0 Å². The first kappa shape index (κ1) is 6.43. The average Bonchev–Trinajstić information content (AvgIpc) is 1.64. The lowest BCUT2D eigenvalue weighted by atomic mass is 10.2. The van der Waals surface area contributed by atoms with Crippen molar-refractivity contribution in [2.75, 3.05) is 5.94 Å². The van der Waals surface area contributed by atoms with Crippen LogP contribution in [0.25, 0.3) is 0 Å². The van der Waals surface area contributed by atoms with Gasteiger partial charge in [0.2, 0.25) is 0 Å². The molecule has 0 aliphatic carbocycles. The molecule has 0 radical (unpaired) electrons. The van der Waals surface area contributed by atoms with E-state index in [9.17, 15) is 0 Å². The van der Waals surface area contributed by atoms with Crippen molar-refractivity contribution < 1.29 is 4.74 Å². The molecule has 8 heavy (non-hydrogen) atoms. The van der Waals surface area contributed by atoms with Gasteiger partial charge in [0, 0.05) is 5.25 Å². The Morgan fingerprint density at radius 3 is 2.62 bits per heavy atom. The van der Waals surface area contributed by atoms with Crippen LogP contribution in [-0.2, 0) is 4.74 Å². The topological polar surface area (TPSA) is 9.23 Å². The van der Waals surface area contributed by atoms with Crippen molar-refractivity contribution >= 4 is 11.8 Å². The van der Waals surface area contributed by atoms with Crippen molar-refractivity contribution in [3.05, 3.63) is 0 Å². The lowest BCUT2D eigenvalue weighted by molar-refractivity contribution is 0.0895. The van der Waals surface area contributed by atoms with Gasteiger partial charge in [-0.2, -0.15) is 0 Å². The molecule has 0 aromatic rings. The molecule has 1 aliphatic heterocycles. The molecule has 1 rings (SSSR count). The minimum atomic E-state index is 0.492. The van der Waals surface area contributed by atoms with Gasteiger partial charge in [0.15, 0.2) is 0 Å². The monoisotopic (exact) mass is 132 g/mol. The van der Waals surface area contributed by atoms with E-state index >= 15 is 0 Å². The first-order chi connectivity index (χ1) is 3.79. The largest absolute Gasteiger partial charge is 0.368 e. The molecule has 1 fully saturated rings. The van der Waals surface area contributed by atoms with Gasteiger partial charge < -0.3 is 4.74 Å². The summed E-state index contributed by atoms with van der Waals surface area (Å²) in [6.45, 7) is 4.39. The quantitative estimate of drug-likeness (QED) is 0.497. The van der Waals surface area contributed by atoms with E-state index in [2.05, 4.69) is 13.8 Å². The van der Waals surface area contributed by atoms with Crippen LogP contribution in [0.5, 0.6) is 0 Å². The van der Waals surface area contributed by atoms with E-state index in [1.165, 1.54) is 6.42 Å². The molecule has 48 valence electrons. The van der Waals surface area contributed by atoms with E-state index in [-0.39, 0.29) is 0 Å². The summed E-state index contributed by atoms with van der Waals surface area (Å²) < 4.78 is 5.31. The van der Waals surface area contributed by atoms with Crippen molar-refractivity contribution in [1.82, 2.24) is 0 Å². The fourth-order valence-electron chi connectivity index (χ4n) is 0.875. The van der Waals surface area contributed by atoms with Crippen molar-refractivity contribution in [2.24, 2.45) is 0 Å². The molecule has 0 bridgehead atoms. The number of hydrogen-bond acceptors (Lipinski definition) is 2. The second kappa shape index (κ2) is 2.74. The zero-order valence-electron chi connectivity index (χ0n) is 5.39. The highest BCUT2D eigenvalue weighted by molar-refractivity contribution is 7.99. The predicted octanol–water partition coefficient (Wildman–Crippen LogP) is 1.87. The van der Waals surface area contributed by atoms with E-state index in [0.29, 0.717) is 6.10 Å². The van der Waals surface area contributed by atoms with E-state index in [4.69, 9.17) is 4.74 Å². The highest BCUT2D eigenvalue weighted by Gasteiger charge is 2.14. The Morgan fingerprint density at radius 2 is 2.25 bits per heavy atom. The Balaban J connectivity index is 2.23. The number of rotatable bonds is 0. The maximum absolute atomic E-state index is 5.31. The Bertz CT molecular complexity index is 66.9. The molecule has 0 saturated carbocycles. The van der Waals surface area contributed by atoms with Crippen molar-refractivity contribution in [3.8, 4) is 0 Å². The SMILES string of the molecule is C[C@@H]1C[C@@H](C)SCO1. The molecule has 2 heteroatoms. The molecule has 0 amide bonds. The third-order valence-electron chi connectivity index (χ3n) is 1.37. The molecule has 0 aromatic carbocycles. The Morgan fingerprint density at radius 1 is 1.50 bits per heavy atom. The number of thioether (sulfide) groups is 1. The van der Waals surface area contributed by atoms with Crippen LogP contribution in [0.15, 0.2) is 0 Å². The minimum Gasteiger partial charge on any atom is -0.368 e. The van der Waals surface area contributed by atoms with Gasteiger partial charge in [-0.1, -0.05) is 6.92 Å². The predicted molar refractivity (Wildman–Crippen MR) is 37.1 cm³/mol. The molecule has 1 nitrogen and oxygen atoms in total. The van der Waals surface area contributed by atoms with Gasteiger partial charge in [0.1, 0.15) is 0 Å². The van der Waals surface area contributed by atoms with Gasteiger partial charge in [-0.05, 0) is 13.3 Å². The molecular formula is C6H12OS. The first-order valence-corrected chi connectivity index (χ1v) is 4.07. The summed E-state index contributed by atoms with van der Waals surface area (Å²) in [7, 11) is 0. The van der Waals surface area contributed by atoms with Crippen LogP contribution in [-0.4, -0.2) is 17.3 Å². The maximum Gasteiger partial charge on any atom is 0.0927 e. The lowest BCUT2D eigenvalue weighted by Crippen LogP contribution is -2.19. The third-order valence-corrected chi connectivity index (χ3v) is 2.40. The third kappa shape index (κ3) is 1.67. The highest BCUT2D eigenvalue weighted by atomic mass is 32.2. The molecule has 0 aromatic heterocycles. The fourth-order valence-corrected chi connectivity index (χ4v) is 1.83.